The predicted octanol–water partition coefficient (Wildman–Crippen LogP) is 2.72. The van der Waals surface area contributed by atoms with Crippen molar-refractivity contribution in [2.75, 3.05) is 6.54 Å². The zero-order valence-corrected chi connectivity index (χ0v) is 11.6. The van der Waals surface area contributed by atoms with E-state index in [0.29, 0.717) is 12.8 Å². The first kappa shape index (κ1) is 18.9. The van der Waals surface area contributed by atoms with E-state index in [9.17, 15) is 31.1 Å². The minimum Gasteiger partial charge on any atom is -0.384 e. The molecule has 1 aliphatic carbocycles. The van der Waals surface area contributed by atoms with Crippen LogP contribution in [-0.2, 0) is 0 Å². The summed E-state index contributed by atoms with van der Waals surface area (Å²) in [6.45, 7) is -0.429. The third-order valence-electron chi connectivity index (χ3n) is 3.55. The molecule has 22 heavy (non-hydrogen) atoms. The topological polar surface area (TPSA) is 61.4 Å². The Morgan fingerprint density at radius 1 is 1.18 bits per heavy atom. The molecule has 2 amide bonds. The maximum absolute atomic E-state index is 12.6. The van der Waals surface area contributed by atoms with Crippen LogP contribution >= 0.6 is 0 Å². The van der Waals surface area contributed by atoms with Gasteiger partial charge in [-0.3, -0.25) is 0 Å². The lowest BCUT2D eigenvalue weighted by Crippen LogP contribution is -2.46. The summed E-state index contributed by atoms with van der Waals surface area (Å²) in [7, 11) is 0. The van der Waals surface area contributed by atoms with Crippen LogP contribution in [-0.4, -0.2) is 42.2 Å². The molecule has 0 aromatic rings. The monoisotopic (exact) mass is 336 g/mol. The fourth-order valence-electron chi connectivity index (χ4n) is 2.34. The maximum atomic E-state index is 12.6. The normalized spacial score (nSPS) is 24.7. The van der Waals surface area contributed by atoms with Crippen LogP contribution in [0.4, 0.5) is 31.1 Å². The zero-order valence-electron chi connectivity index (χ0n) is 11.6. The lowest BCUT2D eigenvalue weighted by Gasteiger charge is -2.31. The molecule has 1 fully saturated rings. The van der Waals surface area contributed by atoms with Crippen molar-refractivity contribution in [2.24, 2.45) is 5.92 Å². The Hall–Kier alpha value is -1.19. The number of carbonyl (C=O) groups excluding carboxylic acids is 1. The number of amides is 2. The molecule has 1 saturated carbocycles. The molecule has 10 heteroatoms. The molecule has 0 aromatic carbocycles. The van der Waals surface area contributed by atoms with Gasteiger partial charge in [0.25, 0.3) is 0 Å². The number of rotatable bonds is 4. The van der Waals surface area contributed by atoms with E-state index >= 15 is 0 Å². The van der Waals surface area contributed by atoms with Crippen LogP contribution in [0.25, 0.3) is 0 Å². The second-order valence-corrected chi connectivity index (χ2v) is 5.35. The fraction of sp³-hybridized carbons (Fsp3) is 0.917. The molecule has 3 atom stereocenters. The molecule has 0 saturated heterocycles. The Morgan fingerprint density at radius 2 is 1.82 bits per heavy atom. The van der Waals surface area contributed by atoms with E-state index in [4.69, 9.17) is 5.11 Å². The lowest BCUT2D eigenvalue weighted by molar-refractivity contribution is -0.204. The molecular weight excluding hydrogens is 318 g/mol. The number of halogens is 6. The van der Waals surface area contributed by atoms with Crippen molar-refractivity contribution in [3.05, 3.63) is 0 Å². The average Bonchev–Trinajstić information content (AvgIpc) is 2.36. The molecule has 4 nitrogen and oxygen atoms in total. The fourth-order valence-corrected chi connectivity index (χ4v) is 2.34. The van der Waals surface area contributed by atoms with Gasteiger partial charge in [-0.15, -0.1) is 0 Å². The first-order chi connectivity index (χ1) is 10.00. The summed E-state index contributed by atoms with van der Waals surface area (Å²) in [6, 6.07) is -1.49. The van der Waals surface area contributed by atoms with Gasteiger partial charge in [0, 0.05) is 12.6 Å². The van der Waals surface area contributed by atoms with Gasteiger partial charge in [0.1, 0.15) is 0 Å². The number of urea groups is 1. The highest BCUT2D eigenvalue weighted by atomic mass is 19.4. The molecule has 0 aliphatic heterocycles. The van der Waals surface area contributed by atoms with Crippen LogP contribution < -0.4 is 10.6 Å². The molecule has 1 rings (SSSR count). The van der Waals surface area contributed by atoms with Gasteiger partial charge in [0.05, 0.1) is 5.92 Å². The van der Waals surface area contributed by atoms with Gasteiger partial charge in [-0.25, -0.2) is 4.79 Å². The largest absolute Gasteiger partial charge is 0.414 e. The summed E-state index contributed by atoms with van der Waals surface area (Å²) < 4.78 is 73.8. The SMILES string of the molecule is O=C(NCC[C@H](O)C(F)(F)F)N[C@H]1CCC[C@@H](C(F)(F)F)C1. The van der Waals surface area contributed by atoms with Crippen LogP contribution in [0.1, 0.15) is 32.1 Å². The van der Waals surface area contributed by atoms with Crippen molar-refractivity contribution in [1.29, 1.82) is 0 Å². The first-order valence-electron chi connectivity index (χ1n) is 6.86. The number of carbonyl (C=O) groups is 1. The van der Waals surface area contributed by atoms with E-state index in [-0.39, 0.29) is 12.8 Å². The Kier molecular flexibility index (Phi) is 6.33. The van der Waals surface area contributed by atoms with Crippen molar-refractivity contribution in [2.45, 2.75) is 56.6 Å². The Morgan fingerprint density at radius 3 is 2.36 bits per heavy atom. The predicted molar refractivity (Wildman–Crippen MR) is 65.0 cm³/mol. The van der Waals surface area contributed by atoms with Gasteiger partial charge >= 0.3 is 18.4 Å². The molecule has 0 aromatic heterocycles. The highest BCUT2D eigenvalue weighted by molar-refractivity contribution is 5.74. The summed E-state index contributed by atoms with van der Waals surface area (Å²) >= 11 is 0. The molecule has 0 spiro atoms. The quantitative estimate of drug-likeness (QED) is 0.692. The van der Waals surface area contributed by atoms with Gasteiger partial charge in [-0.05, 0) is 25.7 Å². The van der Waals surface area contributed by atoms with E-state index in [1.807, 2.05) is 0 Å². The molecule has 130 valence electrons. The standard InChI is InChI=1S/C12H18F6N2O2/c13-11(14,15)7-2-1-3-8(6-7)20-10(22)19-5-4-9(21)12(16,17)18/h7-9,21H,1-6H2,(H2,19,20,22)/t7-,8+,9+/m1/s1. The summed E-state index contributed by atoms with van der Waals surface area (Å²) in [5.41, 5.74) is 0. The van der Waals surface area contributed by atoms with E-state index in [0.717, 1.165) is 0 Å². The number of alkyl halides is 6. The minimum absolute atomic E-state index is 0.0150. The molecule has 0 unspecified atom stereocenters. The van der Waals surface area contributed by atoms with Crippen molar-refractivity contribution in [1.82, 2.24) is 10.6 Å². The van der Waals surface area contributed by atoms with E-state index in [2.05, 4.69) is 10.6 Å². The number of nitrogens with one attached hydrogen (secondary N) is 2. The van der Waals surface area contributed by atoms with Gasteiger partial charge < -0.3 is 15.7 Å². The second kappa shape index (κ2) is 7.38. The summed E-state index contributed by atoms with van der Waals surface area (Å²) in [4.78, 5) is 11.4. The van der Waals surface area contributed by atoms with E-state index in [1.165, 1.54) is 0 Å². The zero-order chi connectivity index (χ0) is 17.0. The lowest BCUT2D eigenvalue weighted by atomic mass is 9.85. The molecule has 0 radical (unpaired) electrons. The molecule has 0 bridgehead atoms. The van der Waals surface area contributed by atoms with Gasteiger partial charge in [-0.2, -0.15) is 26.3 Å². The molecular formula is C12H18F6N2O2. The Balaban J connectivity index is 2.30. The van der Waals surface area contributed by atoms with Crippen LogP contribution in [0, 0.1) is 5.92 Å². The van der Waals surface area contributed by atoms with Gasteiger partial charge in [0.15, 0.2) is 6.10 Å². The Labute approximate surface area is 123 Å². The summed E-state index contributed by atoms with van der Waals surface area (Å²) in [6.07, 6.45) is -11.8. The van der Waals surface area contributed by atoms with E-state index in [1.54, 1.807) is 0 Å². The molecule has 3 N–H and O–H groups in total. The first-order valence-corrected chi connectivity index (χ1v) is 6.86. The summed E-state index contributed by atoms with van der Waals surface area (Å²) in [5.74, 6) is -1.47. The van der Waals surface area contributed by atoms with Crippen LogP contribution in [0.2, 0.25) is 0 Å². The van der Waals surface area contributed by atoms with Crippen LogP contribution in [0.15, 0.2) is 0 Å². The van der Waals surface area contributed by atoms with Crippen molar-refractivity contribution >= 4 is 6.03 Å². The second-order valence-electron chi connectivity index (χ2n) is 5.35. The maximum Gasteiger partial charge on any atom is 0.414 e. The number of hydrogen-bond donors (Lipinski definition) is 3. The van der Waals surface area contributed by atoms with Gasteiger partial charge in [-0.1, -0.05) is 6.42 Å². The Bertz CT molecular complexity index is 372. The third-order valence-corrected chi connectivity index (χ3v) is 3.55. The average molecular weight is 336 g/mol. The van der Waals surface area contributed by atoms with Crippen LogP contribution in [0.5, 0.6) is 0 Å². The number of aliphatic hydroxyl groups excluding tert-OH is 1. The number of hydrogen-bond acceptors (Lipinski definition) is 2. The van der Waals surface area contributed by atoms with Crippen molar-refractivity contribution < 1.29 is 36.2 Å². The molecule has 0 heterocycles. The van der Waals surface area contributed by atoms with Crippen molar-refractivity contribution in [3.63, 3.8) is 0 Å². The highest BCUT2D eigenvalue weighted by Crippen LogP contribution is 2.37. The minimum atomic E-state index is -4.76. The van der Waals surface area contributed by atoms with E-state index < -0.39 is 49.4 Å². The number of aliphatic hydroxyl groups is 1. The third kappa shape index (κ3) is 6.29. The smallest absolute Gasteiger partial charge is 0.384 e. The van der Waals surface area contributed by atoms with Crippen molar-refractivity contribution in [3.8, 4) is 0 Å². The summed E-state index contributed by atoms with van der Waals surface area (Å²) in [5, 5.41) is 13.1. The van der Waals surface area contributed by atoms with Crippen LogP contribution in [0.3, 0.4) is 0 Å². The van der Waals surface area contributed by atoms with Gasteiger partial charge in [0.2, 0.25) is 0 Å². The highest BCUT2D eigenvalue weighted by Gasteiger charge is 2.42. The molecule has 1 aliphatic rings.